The summed E-state index contributed by atoms with van der Waals surface area (Å²) >= 11 is 0. The first kappa shape index (κ1) is 30.0. The minimum absolute atomic E-state index is 0.0538. The highest BCUT2D eigenvalue weighted by Gasteiger charge is 2.46. The number of carbonyl (C=O) groups is 2. The highest BCUT2D eigenvalue weighted by molar-refractivity contribution is 6.00. The van der Waals surface area contributed by atoms with Crippen molar-refractivity contribution < 1.29 is 23.1 Å². The van der Waals surface area contributed by atoms with Crippen LogP contribution >= 0.6 is 0 Å². The number of ether oxygens (including phenoxy) is 1. The summed E-state index contributed by atoms with van der Waals surface area (Å²) in [7, 11) is 0. The van der Waals surface area contributed by atoms with E-state index in [1.54, 1.807) is 37.3 Å². The van der Waals surface area contributed by atoms with E-state index in [1.807, 2.05) is 54.5 Å². The molecule has 1 N–H and O–H groups in total. The first-order valence-electron chi connectivity index (χ1n) is 12.6. The molecule has 0 spiro atoms. The maximum Gasteiger partial charge on any atom is 0.387 e. The van der Waals surface area contributed by atoms with Crippen molar-refractivity contribution in [2.75, 3.05) is 0 Å². The second kappa shape index (κ2) is 11.9. The molecule has 2 rings (SSSR count). The third-order valence-corrected chi connectivity index (χ3v) is 7.03. The molecule has 2 aromatic rings. The van der Waals surface area contributed by atoms with Crippen LogP contribution in [0, 0.1) is 26.2 Å². The summed E-state index contributed by atoms with van der Waals surface area (Å²) < 4.78 is 31.2. The molecular formula is C30H40F2N2O3. The van der Waals surface area contributed by atoms with Crippen molar-refractivity contribution in [3.63, 3.8) is 0 Å². The van der Waals surface area contributed by atoms with Gasteiger partial charge in [0, 0.05) is 16.7 Å². The Kier molecular flexibility index (Phi) is 9.64. The fourth-order valence-electron chi connectivity index (χ4n) is 4.66. The third-order valence-electron chi connectivity index (χ3n) is 7.03. The van der Waals surface area contributed by atoms with E-state index in [9.17, 15) is 18.4 Å². The molecule has 7 heteroatoms. The number of nitrogens with one attached hydrogen (secondary N) is 1. The van der Waals surface area contributed by atoms with Crippen molar-refractivity contribution in [2.45, 2.75) is 86.8 Å². The van der Waals surface area contributed by atoms with E-state index < -0.39 is 23.5 Å². The van der Waals surface area contributed by atoms with Gasteiger partial charge in [0.25, 0.3) is 11.8 Å². The average Bonchev–Trinajstić information content (AvgIpc) is 2.78. The molecule has 2 amide bonds. The Morgan fingerprint density at radius 3 is 2.16 bits per heavy atom. The summed E-state index contributed by atoms with van der Waals surface area (Å²) in [5.41, 5.74) is 4.94. The van der Waals surface area contributed by atoms with Crippen LogP contribution in [0.1, 0.15) is 90.4 Å². The third kappa shape index (κ3) is 6.76. The molecule has 0 saturated heterocycles. The SMILES string of the molecule is C=CCc1ccc(C(=O)NN(C(=O)c2cc(C)cc(C)c2)[C@](C)(CCC)C(C)(C)C)c(C)c1OC(F)F. The van der Waals surface area contributed by atoms with Gasteiger partial charge in [-0.25, -0.2) is 5.01 Å². The number of alkyl halides is 2. The molecule has 202 valence electrons. The number of hydrogen-bond donors (Lipinski definition) is 1. The zero-order valence-corrected chi connectivity index (χ0v) is 23.3. The second-order valence-corrected chi connectivity index (χ2v) is 10.8. The zero-order valence-electron chi connectivity index (χ0n) is 23.3. The normalized spacial score (nSPS) is 13.2. The van der Waals surface area contributed by atoms with Crippen molar-refractivity contribution in [1.82, 2.24) is 10.4 Å². The number of nitrogens with zero attached hydrogens (tertiary/aromatic N) is 1. The van der Waals surface area contributed by atoms with Crippen LogP contribution < -0.4 is 10.2 Å². The van der Waals surface area contributed by atoms with Gasteiger partial charge in [-0.05, 0) is 69.7 Å². The lowest BCUT2D eigenvalue weighted by Gasteiger charge is -2.49. The molecule has 0 aliphatic rings. The molecule has 0 aromatic heterocycles. The molecule has 5 nitrogen and oxygen atoms in total. The molecule has 1 atom stereocenters. The molecule has 0 unspecified atom stereocenters. The fourth-order valence-corrected chi connectivity index (χ4v) is 4.66. The number of allylic oxidation sites excluding steroid dienone is 1. The van der Waals surface area contributed by atoms with E-state index in [0.29, 0.717) is 24.0 Å². The Labute approximate surface area is 219 Å². The van der Waals surface area contributed by atoms with E-state index in [1.165, 1.54) is 5.01 Å². The van der Waals surface area contributed by atoms with E-state index in [-0.39, 0.29) is 22.8 Å². The van der Waals surface area contributed by atoms with Gasteiger partial charge in [0.15, 0.2) is 0 Å². The Balaban J connectivity index is 2.64. The largest absolute Gasteiger partial charge is 0.434 e. The Hall–Kier alpha value is -3.22. The Bertz CT molecular complexity index is 1130. The summed E-state index contributed by atoms with van der Waals surface area (Å²) in [5.74, 6) is -0.969. The molecule has 0 saturated carbocycles. The van der Waals surface area contributed by atoms with Crippen LogP contribution in [0.3, 0.4) is 0 Å². The number of halogens is 2. The van der Waals surface area contributed by atoms with Gasteiger partial charge in [0.05, 0.1) is 5.54 Å². The van der Waals surface area contributed by atoms with Crippen molar-refractivity contribution in [3.8, 4) is 5.75 Å². The lowest BCUT2D eigenvalue weighted by molar-refractivity contribution is -0.0509. The van der Waals surface area contributed by atoms with Crippen LogP contribution in [-0.4, -0.2) is 29.0 Å². The maximum atomic E-state index is 14.0. The van der Waals surface area contributed by atoms with Crippen LogP contribution in [0.15, 0.2) is 43.0 Å². The van der Waals surface area contributed by atoms with Gasteiger partial charge >= 0.3 is 6.61 Å². The summed E-state index contributed by atoms with van der Waals surface area (Å²) in [4.78, 5) is 27.7. The van der Waals surface area contributed by atoms with Crippen LogP contribution in [0.2, 0.25) is 0 Å². The van der Waals surface area contributed by atoms with Gasteiger partial charge in [-0.15, -0.1) is 6.58 Å². The van der Waals surface area contributed by atoms with E-state index in [2.05, 4.69) is 12.0 Å². The van der Waals surface area contributed by atoms with Crippen molar-refractivity contribution in [2.24, 2.45) is 5.41 Å². The topological polar surface area (TPSA) is 58.6 Å². The molecule has 0 aliphatic carbocycles. The van der Waals surface area contributed by atoms with Gasteiger partial charge in [-0.2, -0.15) is 8.78 Å². The Morgan fingerprint density at radius 1 is 1.08 bits per heavy atom. The van der Waals surface area contributed by atoms with Gasteiger partial charge in [-0.3, -0.25) is 15.0 Å². The molecule has 0 radical (unpaired) electrons. The first-order valence-corrected chi connectivity index (χ1v) is 12.6. The smallest absolute Gasteiger partial charge is 0.387 e. The van der Waals surface area contributed by atoms with E-state index in [4.69, 9.17) is 4.74 Å². The minimum atomic E-state index is -3.04. The number of aryl methyl sites for hydroxylation is 2. The second-order valence-electron chi connectivity index (χ2n) is 10.8. The van der Waals surface area contributed by atoms with Crippen LogP contribution in [0.25, 0.3) is 0 Å². The quantitative estimate of drug-likeness (QED) is 0.281. The fraction of sp³-hybridized carbons (Fsp3) is 0.467. The number of amides is 2. The van der Waals surface area contributed by atoms with Crippen LogP contribution in [0.4, 0.5) is 8.78 Å². The predicted octanol–water partition coefficient (Wildman–Crippen LogP) is 7.33. The average molecular weight is 515 g/mol. The highest BCUT2D eigenvalue weighted by Crippen LogP contribution is 2.39. The van der Waals surface area contributed by atoms with Crippen LogP contribution in [0.5, 0.6) is 5.75 Å². The Morgan fingerprint density at radius 2 is 1.68 bits per heavy atom. The van der Waals surface area contributed by atoms with Crippen molar-refractivity contribution in [1.29, 1.82) is 0 Å². The summed E-state index contributed by atoms with van der Waals surface area (Å²) in [6.07, 6.45) is 3.30. The number of benzene rings is 2. The molecule has 37 heavy (non-hydrogen) atoms. The molecule has 0 aliphatic heterocycles. The van der Waals surface area contributed by atoms with Gasteiger partial charge < -0.3 is 4.74 Å². The monoisotopic (exact) mass is 514 g/mol. The van der Waals surface area contributed by atoms with Gasteiger partial charge in [0.2, 0.25) is 0 Å². The van der Waals surface area contributed by atoms with E-state index in [0.717, 1.165) is 17.5 Å². The van der Waals surface area contributed by atoms with Crippen molar-refractivity contribution >= 4 is 11.8 Å². The lowest BCUT2D eigenvalue weighted by atomic mass is 9.71. The molecule has 0 heterocycles. The predicted molar refractivity (Wildman–Crippen MR) is 144 cm³/mol. The molecular weight excluding hydrogens is 474 g/mol. The molecule has 0 bridgehead atoms. The molecule has 2 aromatic carbocycles. The standard InChI is InChI=1S/C30H40F2N2O3/c1-10-12-22-13-14-24(21(5)25(22)37-28(31)32)26(35)33-34(30(9,15-11-2)29(6,7)8)27(36)23-17-19(3)16-20(4)18-23/h10,13-14,16-18,28H,1,11-12,15H2,2-9H3,(H,33,35)/t30-/m1/s1. The number of carbonyl (C=O) groups excluding carboxylic acids is 2. The van der Waals surface area contributed by atoms with E-state index >= 15 is 0 Å². The summed E-state index contributed by atoms with van der Waals surface area (Å²) in [5, 5.41) is 1.43. The number of rotatable bonds is 9. The highest BCUT2D eigenvalue weighted by atomic mass is 19.3. The zero-order chi connectivity index (χ0) is 28.1. The van der Waals surface area contributed by atoms with Gasteiger partial charge in [-0.1, -0.05) is 63.5 Å². The molecule has 0 fully saturated rings. The first-order chi connectivity index (χ1) is 17.2. The minimum Gasteiger partial charge on any atom is -0.434 e. The number of hydrazine groups is 1. The lowest BCUT2D eigenvalue weighted by Crippen LogP contribution is -2.63. The van der Waals surface area contributed by atoms with Crippen LogP contribution in [-0.2, 0) is 6.42 Å². The summed E-state index contributed by atoms with van der Waals surface area (Å²) in [6, 6.07) is 8.72. The summed E-state index contributed by atoms with van der Waals surface area (Å²) in [6.45, 7) is 16.1. The van der Waals surface area contributed by atoms with Gasteiger partial charge in [0.1, 0.15) is 5.75 Å². The maximum absolute atomic E-state index is 14.0. The number of hydrogen-bond acceptors (Lipinski definition) is 3. The van der Waals surface area contributed by atoms with Crippen molar-refractivity contribution in [3.05, 3.63) is 76.4 Å².